The molecule has 1 saturated carbocycles. The molecule has 1 aliphatic carbocycles. The number of halogens is 1. The molecule has 0 unspecified atom stereocenters. The maximum absolute atomic E-state index is 13.6. The van der Waals surface area contributed by atoms with Crippen molar-refractivity contribution in [1.82, 2.24) is 10.2 Å². The summed E-state index contributed by atoms with van der Waals surface area (Å²) in [5.74, 6) is -1.50. The minimum atomic E-state index is -0.934. The van der Waals surface area contributed by atoms with Gasteiger partial charge in [0.25, 0.3) is 5.91 Å². The van der Waals surface area contributed by atoms with E-state index in [4.69, 9.17) is 9.47 Å². The minimum absolute atomic E-state index is 0.0915. The highest BCUT2D eigenvalue weighted by Crippen LogP contribution is 2.42. The third-order valence-corrected chi connectivity index (χ3v) is 4.60. The van der Waals surface area contributed by atoms with E-state index in [-0.39, 0.29) is 18.3 Å². The van der Waals surface area contributed by atoms with Crippen LogP contribution in [0.25, 0.3) is 0 Å². The van der Waals surface area contributed by atoms with Crippen LogP contribution in [0.3, 0.4) is 0 Å². The fourth-order valence-electron chi connectivity index (χ4n) is 2.93. The minimum Gasteiger partial charge on any atom is -0.494 e. The zero-order valence-electron chi connectivity index (χ0n) is 14.0. The Morgan fingerprint density at radius 3 is 2.72 bits per heavy atom. The number of hydrogen-bond acceptors (Lipinski definition) is 5. The highest BCUT2D eigenvalue weighted by molar-refractivity contribution is 6.08. The van der Waals surface area contributed by atoms with Crippen LogP contribution in [0.1, 0.15) is 25.3 Å². The molecule has 2 fully saturated rings. The fourth-order valence-corrected chi connectivity index (χ4v) is 2.93. The molecule has 2 aliphatic rings. The Bertz CT molecular complexity index is 734. The number of carbonyl (C=O) groups excluding carboxylic acids is 3. The van der Waals surface area contributed by atoms with Gasteiger partial charge >= 0.3 is 12.0 Å². The second kappa shape index (κ2) is 6.34. The van der Waals surface area contributed by atoms with Crippen LogP contribution < -0.4 is 10.1 Å². The molecule has 1 aromatic rings. The summed E-state index contributed by atoms with van der Waals surface area (Å²) in [5.41, 5.74) is -0.497. The molecule has 134 valence electrons. The molecule has 25 heavy (non-hydrogen) atoms. The zero-order valence-corrected chi connectivity index (χ0v) is 14.0. The molecule has 1 aliphatic heterocycles. The molecule has 1 saturated heterocycles. The molecular formula is C17H19FN2O5. The topological polar surface area (TPSA) is 84.9 Å². The first-order chi connectivity index (χ1) is 11.8. The van der Waals surface area contributed by atoms with E-state index in [1.165, 1.54) is 19.2 Å². The van der Waals surface area contributed by atoms with Crippen molar-refractivity contribution in [3.05, 3.63) is 29.6 Å². The number of nitrogens with zero attached hydrogens (tertiary/aromatic N) is 1. The summed E-state index contributed by atoms with van der Waals surface area (Å²) in [6.07, 6.45) is 1.76. The van der Waals surface area contributed by atoms with Crippen molar-refractivity contribution < 1.29 is 28.2 Å². The molecule has 1 aromatic carbocycles. The quantitative estimate of drug-likeness (QED) is 0.622. The van der Waals surface area contributed by atoms with Crippen molar-refractivity contribution in [3.8, 4) is 5.75 Å². The summed E-state index contributed by atoms with van der Waals surface area (Å²) in [4.78, 5) is 37.2. The van der Waals surface area contributed by atoms with Gasteiger partial charge in [0.1, 0.15) is 18.7 Å². The number of urea groups is 1. The lowest BCUT2D eigenvalue weighted by atomic mass is 9.96. The van der Waals surface area contributed by atoms with E-state index in [2.05, 4.69) is 5.32 Å². The summed E-state index contributed by atoms with van der Waals surface area (Å²) in [6.45, 7) is 1.05. The van der Waals surface area contributed by atoms with Crippen molar-refractivity contribution in [2.45, 2.75) is 31.9 Å². The predicted octanol–water partition coefficient (Wildman–Crippen LogP) is 1.60. The number of amides is 3. The SMILES string of the molecule is COc1ccc(COC(=O)CN2C(=O)N[C@](C)(C3CC3)C2=O)cc1F. The van der Waals surface area contributed by atoms with E-state index in [0.717, 1.165) is 17.7 Å². The van der Waals surface area contributed by atoms with Crippen molar-refractivity contribution in [1.29, 1.82) is 0 Å². The monoisotopic (exact) mass is 350 g/mol. The number of esters is 1. The average molecular weight is 350 g/mol. The van der Waals surface area contributed by atoms with Gasteiger partial charge in [-0.05, 0) is 43.4 Å². The lowest BCUT2D eigenvalue weighted by Gasteiger charge is -2.20. The molecule has 1 heterocycles. The van der Waals surface area contributed by atoms with E-state index in [1.54, 1.807) is 13.0 Å². The molecule has 3 rings (SSSR count). The molecule has 7 nitrogen and oxygen atoms in total. The molecule has 0 aromatic heterocycles. The van der Waals surface area contributed by atoms with Gasteiger partial charge < -0.3 is 14.8 Å². The van der Waals surface area contributed by atoms with Crippen LogP contribution in [0, 0.1) is 11.7 Å². The molecule has 0 radical (unpaired) electrons. The zero-order chi connectivity index (χ0) is 18.2. The molecule has 0 bridgehead atoms. The third-order valence-electron chi connectivity index (χ3n) is 4.60. The first kappa shape index (κ1) is 17.2. The van der Waals surface area contributed by atoms with E-state index in [9.17, 15) is 18.8 Å². The Balaban J connectivity index is 1.57. The third kappa shape index (κ3) is 3.29. The standard InChI is InChI=1S/C17H19FN2O5/c1-17(11-4-5-11)15(22)20(16(23)19-17)8-14(21)25-9-10-3-6-13(24-2)12(18)7-10/h3,6-7,11H,4-5,8-9H2,1-2H3,(H,19,23)/t17-/m1/s1. The number of benzene rings is 1. The lowest BCUT2D eigenvalue weighted by Crippen LogP contribution is -2.46. The maximum Gasteiger partial charge on any atom is 0.326 e. The molecule has 0 spiro atoms. The Morgan fingerprint density at radius 1 is 1.40 bits per heavy atom. The molecule has 1 atom stereocenters. The van der Waals surface area contributed by atoms with Gasteiger partial charge in [-0.2, -0.15) is 0 Å². The van der Waals surface area contributed by atoms with Gasteiger partial charge in [0.05, 0.1) is 7.11 Å². The Labute approximate surface area is 144 Å². The number of carbonyl (C=O) groups is 3. The van der Waals surface area contributed by atoms with Gasteiger partial charge in [-0.1, -0.05) is 6.07 Å². The number of ether oxygens (including phenoxy) is 2. The number of nitrogens with one attached hydrogen (secondary N) is 1. The lowest BCUT2D eigenvalue weighted by molar-refractivity contribution is -0.148. The summed E-state index contributed by atoms with van der Waals surface area (Å²) in [5, 5.41) is 2.66. The Morgan fingerprint density at radius 2 is 2.12 bits per heavy atom. The van der Waals surface area contributed by atoms with Gasteiger partial charge in [-0.15, -0.1) is 0 Å². The van der Waals surface area contributed by atoms with Crippen LogP contribution in [0.2, 0.25) is 0 Å². The second-order valence-electron chi connectivity index (χ2n) is 6.43. The van der Waals surface area contributed by atoms with Gasteiger partial charge in [-0.3, -0.25) is 14.5 Å². The Hall–Kier alpha value is -2.64. The van der Waals surface area contributed by atoms with Crippen molar-refractivity contribution >= 4 is 17.9 Å². The van der Waals surface area contributed by atoms with Crippen LogP contribution in [-0.2, 0) is 20.9 Å². The summed E-state index contributed by atoms with van der Waals surface area (Å²) < 4.78 is 23.5. The van der Waals surface area contributed by atoms with Crippen molar-refractivity contribution in [2.24, 2.45) is 5.92 Å². The first-order valence-electron chi connectivity index (χ1n) is 7.97. The summed E-state index contributed by atoms with van der Waals surface area (Å²) >= 11 is 0. The maximum atomic E-state index is 13.6. The van der Waals surface area contributed by atoms with E-state index >= 15 is 0 Å². The van der Waals surface area contributed by atoms with E-state index in [1.807, 2.05) is 0 Å². The smallest absolute Gasteiger partial charge is 0.326 e. The van der Waals surface area contributed by atoms with Gasteiger partial charge in [0.15, 0.2) is 11.6 Å². The van der Waals surface area contributed by atoms with Crippen molar-refractivity contribution in [2.75, 3.05) is 13.7 Å². The van der Waals surface area contributed by atoms with Crippen LogP contribution in [-0.4, -0.2) is 42.0 Å². The van der Waals surface area contributed by atoms with Gasteiger partial charge in [-0.25, -0.2) is 9.18 Å². The predicted molar refractivity (Wildman–Crippen MR) is 84.1 cm³/mol. The van der Waals surface area contributed by atoms with Gasteiger partial charge in [0.2, 0.25) is 0 Å². The molecular weight excluding hydrogens is 331 g/mol. The molecule has 8 heteroatoms. The van der Waals surface area contributed by atoms with Crippen LogP contribution in [0.15, 0.2) is 18.2 Å². The number of hydrogen-bond donors (Lipinski definition) is 1. The second-order valence-corrected chi connectivity index (χ2v) is 6.43. The number of imide groups is 1. The van der Waals surface area contributed by atoms with Crippen molar-refractivity contribution in [3.63, 3.8) is 0 Å². The molecule has 1 N–H and O–H groups in total. The molecule has 3 amide bonds. The first-order valence-corrected chi connectivity index (χ1v) is 7.97. The van der Waals surface area contributed by atoms with E-state index < -0.39 is 35.8 Å². The van der Waals surface area contributed by atoms with Gasteiger partial charge in [0, 0.05) is 0 Å². The summed E-state index contributed by atoms with van der Waals surface area (Å²) in [7, 11) is 1.35. The largest absolute Gasteiger partial charge is 0.494 e. The van der Waals surface area contributed by atoms with Crippen LogP contribution in [0.5, 0.6) is 5.75 Å². The number of rotatable bonds is 6. The van der Waals surface area contributed by atoms with Crippen LogP contribution >= 0.6 is 0 Å². The normalized spacial score (nSPS) is 22.8. The Kier molecular flexibility index (Phi) is 4.36. The number of methoxy groups -OCH3 is 1. The highest BCUT2D eigenvalue weighted by atomic mass is 19.1. The fraction of sp³-hybridized carbons (Fsp3) is 0.471. The summed E-state index contributed by atoms with van der Waals surface area (Å²) in [6, 6.07) is 3.60. The van der Waals surface area contributed by atoms with E-state index in [0.29, 0.717) is 5.56 Å². The average Bonchev–Trinajstić information content (AvgIpc) is 3.39. The highest BCUT2D eigenvalue weighted by Gasteiger charge is 2.56. The van der Waals surface area contributed by atoms with Crippen LogP contribution in [0.4, 0.5) is 9.18 Å².